The summed E-state index contributed by atoms with van der Waals surface area (Å²) in [7, 11) is 0. The predicted molar refractivity (Wildman–Crippen MR) is 74.5 cm³/mol. The van der Waals surface area contributed by atoms with Crippen molar-refractivity contribution in [2.75, 3.05) is 24.5 Å². The molecule has 2 N–H and O–H groups in total. The highest BCUT2D eigenvalue weighted by molar-refractivity contribution is 6.30. The number of rotatable bonds is 7. The van der Waals surface area contributed by atoms with Gasteiger partial charge in [0.05, 0.1) is 6.54 Å². The van der Waals surface area contributed by atoms with Crippen LogP contribution in [0.5, 0.6) is 0 Å². The molecule has 1 rings (SSSR count). The van der Waals surface area contributed by atoms with Gasteiger partial charge in [0, 0.05) is 17.3 Å². The molecule has 0 saturated carbocycles. The minimum atomic E-state index is -1.01. The van der Waals surface area contributed by atoms with Gasteiger partial charge in [-0.3, -0.25) is 9.59 Å². The van der Waals surface area contributed by atoms with E-state index in [2.05, 4.69) is 11.9 Å². The summed E-state index contributed by atoms with van der Waals surface area (Å²) < 4.78 is 0. The molecule has 0 spiro atoms. The number of anilines is 1. The van der Waals surface area contributed by atoms with Gasteiger partial charge >= 0.3 is 5.97 Å². The number of carbonyl (C=O) groups excluding carboxylic acids is 1. The highest BCUT2D eigenvalue weighted by Crippen LogP contribution is 2.17. The molecule has 0 unspecified atom stereocenters. The van der Waals surface area contributed by atoms with E-state index in [1.54, 1.807) is 30.3 Å². The van der Waals surface area contributed by atoms with Gasteiger partial charge in [-0.05, 0) is 24.3 Å². The molecule has 0 bridgehead atoms. The summed E-state index contributed by atoms with van der Waals surface area (Å²) in [5, 5.41) is 12.0. The first-order valence-corrected chi connectivity index (χ1v) is 6.00. The molecule has 5 nitrogen and oxygen atoms in total. The fraction of sp³-hybridized carbons (Fsp3) is 0.231. The number of halogens is 1. The highest BCUT2D eigenvalue weighted by atomic mass is 35.5. The zero-order valence-corrected chi connectivity index (χ0v) is 11.1. The fourth-order valence-electron chi connectivity index (χ4n) is 1.47. The van der Waals surface area contributed by atoms with Gasteiger partial charge < -0.3 is 15.3 Å². The van der Waals surface area contributed by atoms with E-state index in [0.717, 1.165) is 0 Å². The summed E-state index contributed by atoms with van der Waals surface area (Å²) in [5.74, 6) is -1.28. The molecule has 0 aliphatic heterocycles. The lowest BCUT2D eigenvalue weighted by Crippen LogP contribution is -2.40. The van der Waals surface area contributed by atoms with Crippen LogP contribution in [0.15, 0.2) is 36.9 Å². The number of carboxylic acids is 1. The lowest BCUT2D eigenvalue weighted by atomic mass is 10.2. The Kier molecular flexibility index (Phi) is 5.89. The standard InChI is InChI=1S/C13H15ClN2O3/c1-2-7-15-12(17)8-16(9-13(18)19)11-5-3-10(14)4-6-11/h2-6H,1,7-9H2,(H,15,17)(H,18,19). The van der Waals surface area contributed by atoms with Crippen molar-refractivity contribution in [3.05, 3.63) is 41.9 Å². The van der Waals surface area contributed by atoms with Crippen molar-refractivity contribution in [1.82, 2.24) is 5.32 Å². The Morgan fingerprint density at radius 2 is 1.95 bits per heavy atom. The van der Waals surface area contributed by atoms with Crippen molar-refractivity contribution in [3.8, 4) is 0 Å². The summed E-state index contributed by atoms with van der Waals surface area (Å²) in [6.07, 6.45) is 1.56. The fourth-order valence-corrected chi connectivity index (χ4v) is 1.59. The van der Waals surface area contributed by atoms with Crippen LogP contribution in [0, 0.1) is 0 Å². The van der Waals surface area contributed by atoms with Crippen molar-refractivity contribution in [3.63, 3.8) is 0 Å². The second-order valence-corrected chi connectivity index (χ2v) is 4.26. The van der Waals surface area contributed by atoms with E-state index in [-0.39, 0.29) is 19.0 Å². The van der Waals surface area contributed by atoms with Crippen LogP contribution in [0.2, 0.25) is 5.02 Å². The van der Waals surface area contributed by atoms with E-state index in [1.807, 2.05) is 0 Å². The molecular formula is C13H15ClN2O3. The molecular weight excluding hydrogens is 268 g/mol. The summed E-state index contributed by atoms with van der Waals surface area (Å²) in [5.41, 5.74) is 0.626. The number of carbonyl (C=O) groups is 2. The molecule has 102 valence electrons. The molecule has 0 heterocycles. The monoisotopic (exact) mass is 282 g/mol. The first kappa shape index (κ1) is 15.0. The second-order valence-electron chi connectivity index (χ2n) is 3.82. The van der Waals surface area contributed by atoms with Gasteiger partial charge in [0.1, 0.15) is 6.54 Å². The van der Waals surface area contributed by atoms with E-state index in [1.165, 1.54) is 4.90 Å². The summed E-state index contributed by atoms with van der Waals surface area (Å²) in [4.78, 5) is 23.9. The van der Waals surface area contributed by atoms with Crippen LogP contribution in [0.3, 0.4) is 0 Å². The summed E-state index contributed by atoms with van der Waals surface area (Å²) >= 11 is 5.77. The zero-order chi connectivity index (χ0) is 14.3. The Labute approximate surface area is 116 Å². The van der Waals surface area contributed by atoms with Crippen LogP contribution >= 0.6 is 11.6 Å². The molecule has 0 aromatic heterocycles. The van der Waals surface area contributed by atoms with Crippen molar-refractivity contribution in [1.29, 1.82) is 0 Å². The molecule has 0 aliphatic rings. The highest BCUT2D eigenvalue weighted by Gasteiger charge is 2.14. The lowest BCUT2D eigenvalue weighted by Gasteiger charge is -2.22. The van der Waals surface area contributed by atoms with Crippen molar-refractivity contribution >= 4 is 29.2 Å². The van der Waals surface area contributed by atoms with Gasteiger partial charge in [-0.15, -0.1) is 6.58 Å². The van der Waals surface area contributed by atoms with Gasteiger partial charge in [0.25, 0.3) is 0 Å². The van der Waals surface area contributed by atoms with Crippen LogP contribution < -0.4 is 10.2 Å². The van der Waals surface area contributed by atoms with Gasteiger partial charge in [-0.25, -0.2) is 0 Å². The number of benzene rings is 1. The first-order valence-electron chi connectivity index (χ1n) is 5.63. The molecule has 1 amide bonds. The molecule has 0 atom stereocenters. The maximum atomic E-state index is 11.6. The molecule has 1 aromatic rings. The van der Waals surface area contributed by atoms with Crippen LogP contribution in [-0.2, 0) is 9.59 Å². The normalized spacial score (nSPS) is 9.74. The topological polar surface area (TPSA) is 69.6 Å². The van der Waals surface area contributed by atoms with Crippen LogP contribution in [-0.4, -0.2) is 36.6 Å². The number of hydrogen-bond acceptors (Lipinski definition) is 3. The van der Waals surface area contributed by atoms with E-state index in [0.29, 0.717) is 17.3 Å². The zero-order valence-electron chi connectivity index (χ0n) is 10.3. The third-order valence-corrected chi connectivity index (χ3v) is 2.55. The third-order valence-electron chi connectivity index (χ3n) is 2.30. The number of carboxylic acid groups (broad SMARTS) is 1. The number of aliphatic carboxylic acids is 1. The molecule has 0 radical (unpaired) electrons. The average Bonchev–Trinajstić information content (AvgIpc) is 2.36. The van der Waals surface area contributed by atoms with E-state index >= 15 is 0 Å². The minimum Gasteiger partial charge on any atom is -0.480 e. The second kappa shape index (κ2) is 7.43. The predicted octanol–water partition coefficient (Wildman–Crippen LogP) is 1.53. The maximum Gasteiger partial charge on any atom is 0.323 e. The Bertz CT molecular complexity index is 459. The SMILES string of the molecule is C=CCNC(=O)CN(CC(=O)O)c1ccc(Cl)cc1. The molecule has 1 aromatic carbocycles. The Balaban J connectivity index is 2.76. The first-order chi connectivity index (χ1) is 9.02. The van der Waals surface area contributed by atoms with Crippen molar-refractivity contribution in [2.45, 2.75) is 0 Å². The maximum absolute atomic E-state index is 11.6. The number of nitrogens with zero attached hydrogens (tertiary/aromatic N) is 1. The Morgan fingerprint density at radius 1 is 1.32 bits per heavy atom. The number of amides is 1. The number of nitrogens with one attached hydrogen (secondary N) is 1. The lowest BCUT2D eigenvalue weighted by molar-refractivity contribution is -0.135. The van der Waals surface area contributed by atoms with Crippen LogP contribution in [0.1, 0.15) is 0 Å². The van der Waals surface area contributed by atoms with E-state index in [9.17, 15) is 9.59 Å². The molecule has 19 heavy (non-hydrogen) atoms. The van der Waals surface area contributed by atoms with E-state index < -0.39 is 5.97 Å². The molecule has 6 heteroatoms. The third kappa shape index (κ3) is 5.44. The van der Waals surface area contributed by atoms with Gasteiger partial charge in [0.2, 0.25) is 5.91 Å². The van der Waals surface area contributed by atoms with Crippen LogP contribution in [0.25, 0.3) is 0 Å². The molecule has 0 saturated heterocycles. The van der Waals surface area contributed by atoms with E-state index in [4.69, 9.17) is 16.7 Å². The summed E-state index contributed by atoms with van der Waals surface area (Å²) in [6.45, 7) is 3.54. The van der Waals surface area contributed by atoms with Crippen molar-refractivity contribution in [2.24, 2.45) is 0 Å². The Morgan fingerprint density at radius 3 is 2.47 bits per heavy atom. The van der Waals surface area contributed by atoms with Gasteiger partial charge in [0.15, 0.2) is 0 Å². The molecule has 0 aliphatic carbocycles. The van der Waals surface area contributed by atoms with Gasteiger partial charge in [-0.1, -0.05) is 17.7 Å². The molecule has 0 fully saturated rings. The van der Waals surface area contributed by atoms with Gasteiger partial charge in [-0.2, -0.15) is 0 Å². The van der Waals surface area contributed by atoms with Crippen molar-refractivity contribution < 1.29 is 14.7 Å². The summed E-state index contributed by atoms with van der Waals surface area (Å²) in [6, 6.07) is 6.64. The number of hydrogen-bond donors (Lipinski definition) is 2. The largest absolute Gasteiger partial charge is 0.480 e. The average molecular weight is 283 g/mol. The minimum absolute atomic E-state index is 0.0399. The quantitative estimate of drug-likeness (QED) is 0.744. The Hall–Kier alpha value is -2.01. The smallest absolute Gasteiger partial charge is 0.323 e. The van der Waals surface area contributed by atoms with Crippen LogP contribution in [0.4, 0.5) is 5.69 Å².